The van der Waals surface area contributed by atoms with Gasteiger partial charge in [-0.15, -0.1) is 0 Å². The van der Waals surface area contributed by atoms with Gasteiger partial charge in [-0.2, -0.15) is 5.10 Å². The van der Waals surface area contributed by atoms with Gasteiger partial charge in [0.15, 0.2) is 0 Å². The molecular weight excluding hydrogens is 282 g/mol. The summed E-state index contributed by atoms with van der Waals surface area (Å²) in [6, 6.07) is 9.14. The number of hydrogen-bond donors (Lipinski definition) is 0. The molecule has 6 heteroatoms. The van der Waals surface area contributed by atoms with Crippen molar-refractivity contribution in [2.45, 2.75) is 6.42 Å². The van der Waals surface area contributed by atoms with Crippen molar-refractivity contribution >= 4 is 11.9 Å². The normalized spacial score (nSPS) is 17.5. The number of nitrogens with zero attached hydrogens (tertiary/aromatic N) is 3. The lowest BCUT2D eigenvalue weighted by molar-refractivity contribution is -0.144. The minimum absolute atomic E-state index is 0.0691. The Balaban J connectivity index is 1.76. The Labute approximate surface area is 128 Å². The topological polar surface area (TPSA) is 64.4 Å². The molecule has 0 spiro atoms. The molecule has 3 rings (SSSR count). The van der Waals surface area contributed by atoms with Gasteiger partial charge in [0.1, 0.15) is 0 Å². The lowest BCUT2D eigenvalue weighted by atomic mass is 10.1. The van der Waals surface area contributed by atoms with Crippen molar-refractivity contribution in [2.24, 2.45) is 5.92 Å². The SMILES string of the molecule is COC(=O)[C@H]1CCN(C(=O)c2cccc(-n3cccn3)c2)C1. The first kappa shape index (κ1) is 14.3. The maximum Gasteiger partial charge on any atom is 0.310 e. The molecule has 0 bridgehead atoms. The van der Waals surface area contributed by atoms with Crippen LogP contribution in [0.2, 0.25) is 0 Å². The molecule has 0 aliphatic carbocycles. The fourth-order valence-corrected chi connectivity index (χ4v) is 2.69. The van der Waals surface area contributed by atoms with E-state index in [1.165, 1.54) is 7.11 Å². The predicted molar refractivity (Wildman–Crippen MR) is 79.6 cm³/mol. The molecule has 1 aliphatic rings. The van der Waals surface area contributed by atoms with Gasteiger partial charge in [-0.25, -0.2) is 4.68 Å². The Bertz CT molecular complexity index is 682. The largest absolute Gasteiger partial charge is 0.469 e. The van der Waals surface area contributed by atoms with Crippen LogP contribution in [0.5, 0.6) is 0 Å². The third-order valence-corrected chi connectivity index (χ3v) is 3.87. The zero-order valence-electron chi connectivity index (χ0n) is 12.3. The molecule has 114 valence electrons. The van der Waals surface area contributed by atoms with Crippen LogP contribution in [0.1, 0.15) is 16.8 Å². The Morgan fingerprint density at radius 2 is 2.18 bits per heavy atom. The molecule has 22 heavy (non-hydrogen) atoms. The number of esters is 1. The molecule has 1 atom stereocenters. The molecule has 1 fully saturated rings. The van der Waals surface area contributed by atoms with Crippen LogP contribution in [-0.4, -0.2) is 46.8 Å². The first-order chi connectivity index (χ1) is 10.7. The van der Waals surface area contributed by atoms with Crippen LogP contribution in [0.15, 0.2) is 42.7 Å². The first-order valence-electron chi connectivity index (χ1n) is 7.16. The Morgan fingerprint density at radius 1 is 1.32 bits per heavy atom. The van der Waals surface area contributed by atoms with E-state index in [-0.39, 0.29) is 17.8 Å². The third-order valence-electron chi connectivity index (χ3n) is 3.87. The zero-order valence-corrected chi connectivity index (χ0v) is 12.3. The monoisotopic (exact) mass is 299 g/mol. The summed E-state index contributed by atoms with van der Waals surface area (Å²) in [5.41, 5.74) is 1.43. The van der Waals surface area contributed by atoms with Crippen LogP contribution in [0.4, 0.5) is 0 Å². The van der Waals surface area contributed by atoms with Gasteiger partial charge in [0.2, 0.25) is 0 Å². The van der Waals surface area contributed by atoms with Crippen molar-refractivity contribution in [3.05, 3.63) is 48.3 Å². The van der Waals surface area contributed by atoms with E-state index in [1.807, 2.05) is 24.4 Å². The smallest absolute Gasteiger partial charge is 0.310 e. The van der Waals surface area contributed by atoms with Crippen molar-refractivity contribution in [1.29, 1.82) is 0 Å². The van der Waals surface area contributed by atoms with Crippen LogP contribution in [0.3, 0.4) is 0 Å². The Hall–Kier alpha value is -2.63. The van der Waals surface area contributed by atoms with Crippen molar-refractivity contribution < 1.29 is 14.3 Å². The number of carbonyl (C=O) groups is 2. The van der Waals surface area contributed by atoms with E-state index in [0.29, 0.717) is 25.1 Å². The number of amides is 1. The summed E-state index contributed by atoms with van der Waals surface area (Å²) in [5.74, 6) is -0.538. The maximum absolute atomic E-state index is 12.6. The van der Waals surface area contributed by atoms with E-state index in [2.05, 4.69) is 5.10 Å². The zero-order chi connectivity index (χ0) is 15.5. The maximum atomic E-state index is 12.6. The van der Waals surface area contributed by atoms with E-state index in [0.717, 1.165) is 5.69 Å². The molecule has 0 saturated carbocycles. The fourth-order valence-electron chi connectivity index (χ4n) is 2.69. The Kier molecular flexibility index (Phi) is 3.91. The second kappa shape index (κ2) is 6.01. The highest BCUT2D eigenvalue weighted by Gasteiger charge is 2.32. The van der Waals surface area contributed by atoms with E-state index < -0.39 is 0 Å². The van der Waals surface area contributed by atoms with Crippen LogP contribution >= 0.6 is 0 Å². The second-order valence-electron chi connectivity index (χ2n) is 5.26. The van der Waals surface area contributed by atoms with Gasteiger partial charge >= 0.3 is 5.97 Å². The van der Waals surface area contributed by atoms with E-state index >= 15 is 0 Å². The molecule has 0 unspecified atom stereocenters. The lowest BCUT2D eigenvalue weighted by Gasteiger charge is -2.16. The molecule has 0 N–H and O–H groups in total. The van der Waals surface area contributed by atoms with Gasteiger partial charge in [0.05, 0.1) is 18.7 Å². The summed E-state index contributed by atoms with van der Waals surface area (Å²) in [6.45, 7) is 0.988. The van der Waals surface area contributed by atoms with Crippen LogP contribution < -0.4 is 0 Å². The molecule has 1 aromatic heterocycles. The number of ether oxygens (including phenoxy) is 1. The molecule has 1 aliphatic heterocycles. The molecular formula is C16H17N3O3. The molecule has 1 amide bonds. The Morgan fingerprint density at radius 3 is 2.91 bits per heavy atom. The summed E-state index contributed by atoms with van der Waals surface area (Å²) >= 11 is 0. The van der Waals surface area contributed by atoms with E-state index in [9.17, 15) is 9.59 Å². The van der Waals surface area contributed by atoms with E-state index in [4.69, 9.17) is 4.74 Å². The lowest BCUT2D eigenvalue weighted by Crippen LogP contribution is -2.30. The van der Waals surface area contributed by atoms with Crippen molar-refractivity contribution in [1.82, 2.24) is 14.7 Å². The van der Waals surface area contributed by atoms with Gasteiger partial charge in [-0.05, 0) is 30.7 Å². The summed E-state index contributed by atoms with van der Waals surface area (Å²) in [6.07, 6.45) is 4.17. The molecule has 1 aromatic carbocycles. The summed E-state index contributed by atoms with van der Waals surface area (Å²) < 4.78 is 6.45. The minimum atomic E-state index is -0.249. The highest BCUT2D eigenvalue weighted by atomic mass is 16.5. The molecule has 0 radical (unpaired) electrons. The summed E-state index contributed by atoms with van der Waals surface area (Å²) in [7, 11) is 1.38. The van der Waals surface area contributed by atoms with Crippen molar-refractivity contribution in [2.75, 3.05) is 20.2 Å². The minimum Gasteiger partial charge on any atom is -0.469 e. The molecule has 2 aromatic rings. The number of methoxy groups -OCH3 is 1. The fraction of sp³-hybridized carbons (Fsp3) is 0.312. The van der Waals surface area contributed by atoms with Crippen molar-refractivity contribution in [3.8, 4) is 5.69 Å². The van der Waals surface area contributed by atoms with Crippen LogP contribution in [0, 0.1) is 5.92 Å². The first-order valence-corrected chi connectivity index (χ1v) is 7.16. The van der Waals surface area contributed by atoms with Gasteiger partial charge in [0, 0.05) is 31.0 Å². The van der Waals surface area contributed by atoms with Crippen LogP contribution in [-0.2, 0) is 9.53 Å². The molecule has 2 heterocycles. The summed E-state index contributed by atoms with van der Waals surface area (Å²) in [5, 5.41) is 4.16. The molecule has 1 saturated heterocycles. The standard InChI is InChI=1S/C16H17N3O3/c1-22-16(21)13-6-9-18(11-13)15(20)12-4-2-5-14(10-12)19-8-3-7-17-19/h2-5,7-8,10,13H,6,9,11H2,1H3/t13-/m0/s1. The number of benzene rings is 1. The number of carbonyl (C=O) groups excluding carboxylic acids is 2. The van der Waals surface area contributed by atoms with E-state index in [1.54, 1.807) is 27.9 Å². The van der Waals surface area contributed by atoms with Crippen molar-refractivity contribution in [3.63, 3.8) is 0 Å². The number of hydrogen-bond acceptors (Lipinski definition) is 4. The summed E-state index contributed by atoms with van der Waals surface area (Å²) in [4.78, 5) is 25.8. The average molecular weight is 299 g/mol. The third kappa shape index (κ3) is 2.72. The average Bonchev–Trinajstić information content (AvgIpc) is 3.25. The molecule has 6 nitrogen and oxygen atoms in total. The van der Waals surface area contributed by atoms with Gasteiger partial charge < -0.3 is 9.64 Å². The van der Waals surface area contributed by atoms with Gasteiger partial charge in [-0.1, -0.05) is 6.07 Å². The van der Waals surface area contributed by atoms with Gasteiger partial charge in [-0.3, -0.25) is 9.59 Å². The quantitative estimate of drug-likeness (QED) is 0.806. The number of aromatic nitrogens is 2. The highest BCUT2D eigenvalue weighted by Crippen LogP contribution is 2.20. The van der Waals surface area contributed by atoms with Gasteiger partial charge in [0.25, 0.3) is 5.91 Å². The van der Waals surface area contributed by atoms with Crippen LogP contribution in [0.25, 0.3) is 5.69 Å². The number of likely N-dealkylation sites (tertiary alicyclic amines) is 1. The highest BCUT2D eigenvalue weighted by molar-refractivity contribution is 5.95. The predicted octanol–water partition coefficient (Wildman–Crippen LogP) is 1.51. The second-order valence-corrected chi connectivity index (χ2v) is 5.26. The number of rotatable bonds is 3.